The lowest BCUT2D eigenvalue weighted by molar-refractivity contribution is -0.136. The molecule has 0 saturated carbocycles. The Hall–Kier alpha value is -3.01. The van der Waals surface area contributed by atoms with E-state index in [0.29, 0.717) is 13.0 Å². The van der Waals surface area contributed by atoms with Gasteiger partial charge in [-0.05, 0) is 66.8 Å². The molecule has 0 radical (unpaired) electrons. The summed E-state index contributed by atoms with van der Waals surface area (Å²) in [6, 6.07) is 16.0. The fourth-order valence-corrected chi connectivity index (χ4v) is 2.76. The van der Waals surface area contributed by atoms with E-state index in [4.69, 9.17) is 9.84 Å². The normalized spacial score (nSPS) is 13.2. The molecular formula is C22H23NO3. The molecule has 0 amide bonds. The van der Waals surface area contributed by atoms with E-state index in [0.717, 1.165) is 41.2 Å². The molecule has 0 aromatic heterocycles. The highest BCUT2D eigenvalue weighted by atomic mass is 16.5. The number of anilines is 1. The van der Waals surface area contributed by atoms with Crippen LogP contribution in [0, 0.1) is 0 Å². The lowest BCUT2D eigenvalue weighted by atomic mass is 10.1. The Morgan fingerprint density at radius 2 is 1.92 bits per heavy atom. The topological polar surface area (TPSA) is 58.6 Å². The van der Waals surface area contributed by atoms with Gasteiger partial charge in [0, 0.05) is 18.7 Å². The fourth-order valence-electron chi connectivity index (χ4n) is 2.76. The molecule has 4 heteroatoms. The first kappa shape index (κ1) is 17.8. The van der Waals surface area contributed by atoms with Gasteiger partial charge in [-0.15, -0.1) is 0 Å². The van der Waals surface area contributed by atoms with Crippen LogP contribution in [0.3, 0.4) is 0 Å². The molecular weight excluding hydrogens is 326 g/mol. The van der Waals surface area contributed by atoms with Gasteiger partial charge in [0.15, 0.2) is 0 Å². The summed E-state index contributed by atoms with van der Waals surface area (Å²) in [6.07, 6.45) is 9.06. The van der Waals surface area contributed by atoms with Gasteiger partial charge in [0.05, 0.1) is 0 Å². The van der Waals surface area contributed by atoms with Gasteiger partial charge in [-0.25, -0.2) is 0 Å². The predicted molar refractivity (Wildman–Crippen MR) is 103 cm³/mol. The summed E-state index contributed by atoms with van der Waals surface area (Å²) in [5, 5.41) is 12.1. The minimum Gasteiger partial charge on any atom is -0.481 e. The van der Waals surface area contributed by atoms with E-state index in [1.54, 1.807) is 0 Å². The van der Waals surface area contributed by atoms with Crippen LogP contribution in [0.15, 0.2) is 72.5 Å². The number of benzene rings is 2. The number of carbonyl (C=O) groups is 1. The van der Waals surface area contributed by atoms with E-state index in [2.05, 4.69) is 23.5 Å². The van der Waals surface area contributed by atoms with Gasteiger partial charge in [0.2, 0.25) is 0 Å². The molecule has 0 aliphatic heterocycles. The third-order valence-corrected chi connectivity index (χ3v) is 4.17. The fraction of sp³-hybridized carbons (Fsp3) is 0.227. The number of carboxylic acids is 1. The van der Waals surface area contributed by atoms with Crippen LogP contribution in [-0.4, -0.2) is 11.1 Å². The van der Waals surface area contributed by atoms with Crippen molar-refractivity contribution in [3.8, 4) is 5.75 Å². The maximum absolute atomic E-state index is 10.6. The zero-order valence-electron chi connectivity index (χ0n) is 14.7. The van der Waals surface area contributed by atoms with Gasteiger partial charge < -0.3 is 15.2 Å². The van der Waals surface area contributed by atoms with Gasteiger partial charge >= 0.3 is 5.97 Å². The highest BCUT2D eigenvalue weighted by Crippen LogP contribution is 2.20. The van der Waals surface area contributed by atoms with Crippen molar-refractivity contribution >= 4 is 11.7 Å². The zero-order chi connectivity index (χ0) is 18.2. The van der Waals surface area contributed by atoms with Crippen LogP contribution in [0.4, 0.5) is 5.69 Å². The van der Waals surface area contributed by atoms with Crippen molar-refractivity contribution in [1.29, 1.82) is 0 Å². The molecule has 2 N–H and O–H groups in total. The molecule has 2 aromatic rings. The van der Waals surface area contributed by atoms with Crippen LogP contribution in [0.5, 0.6) is 5.75 Å². The van der Waals surface area contributed by atoms with Crippen molar-refractivity contribution in [3.05, 3.63) is 83.6 Å². The number of hydrogen-bond donors (Lipinski definition) is 2. The largest absolute Gasteiger partial charge is 0.481 e. The molecule has 0 spiro atoms. The zero-order valence-corrected chi connectivity index (χ0v) is 14.7. The highest BCUT2D eigenvalue weighted by molar-refractivity contribution is 5.67. The van der Waals surface area contributed by atoms with Crippen molar-refractivity contribution in [3.63, 3.8) is 0 Å². The monoisotopic (exact) mass is 349 g/mol. The first-order chi connectivity index (χ1) is 12.7. The Morgan fingerprint density at radius 3 is 2.65 bits per heavy atom. The SMILES string of the molecule is O=C(O)CCc1ccc(NCc2cccc(OC3=CCCC=C3)c2)cc1. The molecule has 26 heavy (non-hydrogen) atoms. The van der Waals surface area contributed by atoms with Crippen molar-refractivity contribution in [2.75, 3.05) is 5.32 Å². The van der Waals surface area contributed by atoms with Gasteiger partial charge in [-0.2, -0.15) is 0 Å². The standard InChI is InChI=1S/C22H23NO3/c24-22(25)14-11-17-9-12-19(13-10-17)23-16-18-5-4-8-21(15-18)26-20-6-2-1-3-7-20/h2,4-10,12-13,15,23H,1,3,11,14,16H2,(H,24,25). The summed E-state index contributed by atoms with van der Waals surface area (Å²) in [4.78, 5) is 10.6. The molecule has 1 aliphatic rings. The molecule has 0 bridgehead atoms. The number of ether oxygens (including phenoxy) is 1. The second kappa shape index (κ2) is 8.90. The molecule has 134 valence electrons. The van der Waals surface area contributed by atoms with Crippen molar-refractivity contribution < 1.29 is 14.6 Å². The lowest BCUT2D eigenvalue weighted by Crippen LogP contribution is -2.01. The number of nitrogens with one attached hydrogen (secondary N) is 1. The maximum Gasteiger partial charge on any atom is 0.303 e. The molecule has 0 saturated heterocycles. The number of rotatable bonds is 8. The Balaban J connectivity index is 1.54. The van der Waals surface area contributed by atoms with E-state index < -0.39 is 5.97 Å². The first-order valence-corrected chi connectivity index (χ1v) is 8.87. The molecule has 4 nitrogen and oxygen atoms in total. The molecule has 2 aromatic carbocycles. The molecule has 0 fully saturated rings. The van der Waals surface area contributed by atoms with E-state index in [9.17, 15) is 4.79 Å². The molecule has 0 unspecified atom stereocenters. The molecule has 0 heterocycles. The Bertz CT molecular complexity index is 806. The van der Waals surface area contributed by atoms with Crippen LogP contribution < -0.4 is 10.1 Å². The van der Waals surface area contributed by atoms with E-state index in [1.165, 1.54) is 0 Å². The van der Waals surface area contributed by atoms with Gasteiger partial charge in [-0.1, -0.05) is 30.3 Å². The van der Waals surface area contributed by atoms with E-state index >= 15 is 0 Å². The summed E-state index contributed by atoms with van der Waals surface area (Å²) in [5.74, 6) is 0.971. The second-order valence-corrected chi connectivity index (χ2v) is 6.28. The van der Waals surface area contributed by atoms with Gasteiger partial charge in [0.1, 0.15) is 11.5 Å². The van der Waals surface area contributed by atoms with Gasteiger partial charge in [0.25, 0.3) is 0 Å². The lowest BCUT2D eigenvalue weighted by Gasteiger charge is -2.12. The summed E-state index contributed by atoms with van der Waals surface area (Å²) in [7, 11) is 0. The maximum atomic E-state index is 10.6. The molecule has 0 atom stereocenters. The van der Waals surface area contributed by atoms with Crippen LogP contribution >= 0.6 is 0 Å². The number of hydrogen-bond acceptors (Lipinski definition) is 3. The average molecular weight is 349 g/mol. The quantitative estimate of drug-likeness (QED) is 0.709. The minimum absolute atomic E-state index is 0.158. The number of allylic oxidation sites excluding steroid dienone is 3. The first-order valence-electron chi connectivity index (χ1n) is 8.87. The average Bonchev–Trinajstić information content (AvgIpc) is 2.67. The summed E-state index contributed by atoms with van der Waals surface area (Å²) in [5.41, 5.74) is 3.17. The van der Waals surface area contributed by atoms with Crippen molar-refractivity contribution in [2.45, 2.75) is 32.2 Å². The number of aryl methyl sites for hydroxylation is 1. The van der Waals surface area contributed by atoms with Gasteiger partial charge in [-0.3, -0.25) is 4.79 Å². The van der Waals surface area contributed by atoms with Crippen molar-refractivity contribution in [1.82, 2.24) is 0 Å². The van der Waals surface area contributed by atoms with E-state index in [1.807, 2.05) is 48.5 Å². The molecule has 3 rings (SSSR count). The van der Waals surface area contributed by atoms with Crippen LogP contribution in [0.1, 0.15) is 30.4 Å². The number of aliphatic carboxylic acids is 1. The summed E-state index contributed by atoms with van der Waals surface area (Å²) >= 11 is 0. The third-order valence-electron chi connectivity index (χ3n) is 4.17. The minimum atomic E-state index is -0.770. The second-order valence-electron chi connectivity index (χ2n) is 6.28. The smallest absolute Gasteiger partial charge is 0.303 e. The van der Waals surface area contributed by atoms with E-state index in [-0.39, 0.29) is 6.42 Å². The molecule has 1 aliphatic carbocycles. The van der Waals surface area contributed by atoms with Crippen LogP contribution in [0.2, 0.25) is 0 Å². The Labute approximate surface area is 153 Å². The Kier molecular flexibility index (Phi) is 6.09. The third kappa shape index (κ3) is 5.52. The summed E-state index contributed by atoms with van der Waals surface area (Å²) in [6.45, 7) is 0.695. The predicted octanol–water partition coefficient (Wildman–Crippen LogP) is 4.93. The van der Waals surface area contributed by atoms with Crippen molar-refractivity contribution in [2.24, 2.45) is 0 Å². The Morgan fingerprint density at radius 1 is 1.08 bits per heavy atom. The van der Waals surface area contributed by atoms with Crippen LogP contribution in [-0.2, 0) is 17.8 Å². The highest BCUT2D eigenvalue weighted by Gasteiger charge is 2.03. The number of carboxylic acid groups (broad SMARTS) is 1. The summed E-state index contributed by atoms with van der Waals surface area (Å²) < 4.78 is 5.91. The van der Waals surface area contributed by atoms with Crippen LogP contribution in [0.25, 0.3) is 0 Å².